The zero-order chi connectivity index (χ0) is 15.1. The Kier molecular flexibility index (Phi) is 104. The van der Waals surface area contributed by atoms with E-state index in [9.17, 15) is 4.79 Å². The first-order chi connectivity index (χ1) is 8.10. The van der Waals surface area contributed by atoms with Crippen molar-refractivity contribution in [2.75, 3.05) is 19.1 Å². The van der Waals surface area contributed by atoms with Gasteiger partial charge in [0.05, 0.1) is 0 Å². The smallest absolute Gasteiger partial charge is 0.326 e. The standard InChI is InChI=1S/C3H3NO3.C3H8.C2H6S.2C2H6/c5-2-4-1-3(6)7;2*1-3-2;2*1-2/h1H2,(H,6,7);3H2,1-2H3;1-2H3;2*1-2H3. The number of nitrogens with zero attached hydrogens (tertiary/aromatic N) is 1. The van der Waals surface area contributed by atoms with Crippen molar-refractivity contribution in [1.82, 2.24) is 0 Å². The summed E-state index contributed by atoms with van der Waals surface area (Å²) in [6, 6.07) is 0. The van der Waals surface area contributed by atoms with Crippen LogP contribution in [-0.4, -0.2) is 36.2 Å². The van der Waals surface area contributed by atoms with Crippen molar-refractivity contribution >= 4 is 23.8 Å². The van der Waals surface area contributed by atoms with Crippen LogP contribution in [0.15, 0.2) is 4.99 Å². The lowest BCUT2D eigenvalue weighted by molar-refractivity contribution is -0.135. The Hall–Kier alpha value is -0.800. The van der Waals surface area contributed by atoms with Crippen LogP contribution in [0.25, 0.3) is 0 Å². The van der Waals surface area contributed by atoms with Crippen LogP contribution >= 0.6 is 11.8 Å². The summed E-state index contributed by atoms with van der Waals surface area (Å²) < 4.78 is 0. The number of carbonyl (C=O) groups excluding carboxylic acids is 1. The van der Waals surface area contributed by atoms with Gasteiger partial charge in [0, 0.05) is 0 Å². The second-order valence-corrected chi connectivity index (χ2v) is 2.73. The Balaban J connectivity index is -0.0000000408. The molecular formula is C12H29NO3S. The number of carbonyl (C=O) groups is 1. The molecule has 0 heterocycles. The van der Waals surface area contributed by atoms with Gasteiger partial charge in [-0.1, -0.05) is 48.0 Å². The number of aliphatic carboxylic acids is 1. The molecule has 0 atom stereocenters. The molecule has 4 nitrogen and oxygen atoms in total. The quantitative estimate of drug-likeness (QED) is 0.609. The van der Waals surface area contributed by atoms with E-state index in [1.165, 1.54) is 6.42 Å². The molecule has 0 spiro atoms. The van der Waals surface area contributed by atoms with Gasteiger partial charge < -0.3 is 5.11 Å². The summed E-state index contributed by atoms with van der Waals surface area (Å²) in [5.41, 5.74) is 0. The largest absolute Gasteiger partial charge is 0.480 e. The predicted molar refractivity (Wildman–Crippen MR) is 78.7 cm³/mol. The van der Waals surface area contributed by atoms with Crippen LogP contribution in [-0.2, 0) is 9.59 Å². The summed E-state index contributed by atoms with van der Waals surface area (Å²) >= 11 is 1.75. The third kappa shape index (κ3) is 259. The van der Waals surface area contributed by atoms with Crippen molar-refractivity contribution in [3.8, 4) is 0 Å². The molecule has 0 rings (SSSR count). The fourth-order valence-corrected chi connectivity index (χ4v) is 0.0999. The molecule has 17 heavy (non-hydrogen) atoms. The Morgan fingerprint density at radius 1 is 1.18 bits per heavy atom. The van der Waals surface area contributed by atoms with Crippen LogP contribution in [0.5, 0.6) is 0 Å². The van der Waals surface area contributed by atoms with Gasteiger partial charge in [0.15, 0.2) is 0 Å². The molecule has 0 aromatic heterocycles. The minimum absolute atomic E-state index is 0.483. The number of carboxylic acids is 1. The van der Waals surface area contributed by atoms with Crippen molar-refractivity contribution < 1.29 is 14.7 Å². The molecule has 0 aromatic rings. The van der Waals surface area contributed by atoms with E-state index >= 15 is 0 Å². The summed E-state index contributed by atoms with van der Waals surface area (Å²) in [6.07, 6.45) is 6.43. The Bertz CT molecular complexity index is 145. The molecular weight excluding hydrogens is 238 g/mol. The molecule has 5 heteroatoms. The highest BCUT2D eigenvalue weighted by Crippen LogP contribution is 1.70. The minimum Gasteiger partial charge on any atom is -0.480 e. The molecule has 0 aromatic carbocycles. The van der Waals surface area contributed by atoms with E-state index in [4.69, 9.17) is 9.90 Å². The van der Waals surface area contributed by atoms with Crippen LogP contribution in [0.2, 0.25) is 0 Å². The number of isocyanates is 1. The van der Waals surface area contributed by atoms with E-state index in [0.717, 1.165) is 6.08 Å². The lowest BCUT2D eigenvalue weighted by Gasteiger charge is -1.73. The van der Waals surface area contributed by atoms with Gasteiger partial charge in [-0.15, -0.1) is 0 Å². The van der Waals surface area contributed by atoms with E-state index in [2.05, 4.69) is 18.8 Å². The second-order valence-electron chi connectivity index (χ2n) is 1.92. The molecule has 0 unspecified atom stereocenters. The second kappa shape index (κ2) is 59.1. The number of carboxylic acid groups (broad SMARTS) is 1. The third-order valence-electron chi connectivity index (χ3n) is 0.279. The van der Waals surface area contributed by atoms with Gasteiger partial charge in [0.1, 0.15) is 6.54 Å². The number of thioether (sulfide) groups is 1. The van der Waals surface area contributed by atoms with Crippen molar-refractivity contribution in [3.05, 3.63) is 0 Å². The molecule has 0 saturated carbocycles. The Morgan fingerprint density at radius 2 is 1.41 bits per heavy atom. The molecule has 106 valence electrons. The summed E-state index contributed by atoms with van der Waals surface area (Å²) in [4.78, 5) is 21.4. The molecule has 0 radical (unpaired) electrons. The highest BCUT2D eigenvalue weighted by molar-refractivity contribution is 7.97. The maximum absolute atomic E-state index is 9.49. The Morgan fingerprint density at radius 3 is 1.47 bits per heavy atom. The van der Waals surface area contributed by atoms with Gasteiger partial charge in [-0.25, -0.2) is 4.79 Å². The van der Waals surface area contributed by atoms with E-state index in [-0.39, 0.29) is 0 Å². The first-order valence-electron chi connectivity index (χ1n) is 5.76. The average molecular weight is 267 g/mol. The van der Waals surface area contributed by atoms with Crippen molar-refractivity contribution in [1.29, 1.82) is 0 Å². The van der Waals surface area contributed by atoms with E-state index in [1.54, 1.807) is 11.8 Å². The third-order valence-corrected chi connectivity index (χ3v) is 0.279. The summed E-state index contributed by atoms with van der Waals surface area (Å²) in [5.74, 6) is -1.12. The van der Waals surface area contributed by atoms with Gasteiger partial charge in [-0.05, 0) is 12.5 Å². The number of aliphatic imine (C=N–C) groups is 1. The molecule has 0 aliphatic rings. The first-order valence-corrected chi connectivity index (χ1v) is 7.39. The van der Waals surface area contributed by atoms with Crippen LogP contribution in [0.3, 0.4) is 0 Å². The first kappa shape index (κ1) is 29.8. The van der Waals surface area contributed by atoms with Gasteiger partial charge in [0.25, 0.3) is 0 Å². The fourth-order valence-electron chi connectivity index (χ4n) is 0.0999. The predicted octanol–water partition coefficient (Wildman–Crippen LogP) is 3.85. The van der Waals surface area contributed by atoms with Crippen LogP contribution < -0.4 is 0 Å². The maximum atomic E-state index is 9.49. The minimum atomic E-state index is -1.12. The highest BCUT2D eigenvalue weighted by atomic mass is 32.2. The van der Waals surface area contributed by atoms with Crippen molar-refractivity contribution in [3.63, 3.8) is 0 Å². The summed E-state index contributed by atoms with van der Waals surface area (Å²) in [7, 11) is 0. The summed E-state index contributed by atoms with van der Waals surface area (Å²) in [6.45, 7) is 11.8. The zero-order valence-corrected chi connectivity index (χ0v) is 13.3. The lowest BCUT2D eigenvalue weighted by atomic mass is 10.6. The lowest BCUT2D eigenvalue weighted by Crippen LogP contribution is -1.97. The highest BCUT2D eigenvalue weighted by Gasteiger charge is 1.87. The van der Waals surface area contributed by atoms with Gasteiger partial charge in [0.2, 0.25) is 6.08 Å². The van der Waals surface area contributed by atoms with Crippen LogP contribution in [0.4, 0.5) is 0 Å². The van der Waals surface area contributed by atoms with E-state index < -0.39 is 12.5 Å². The Labute approximate surface area is 111 Å². The van der Waals surface area contributed by atoms with Crippen molar-refractivity contribution in [2.45, 2.75) is 48.0 Å². The average Bonchev–Trinajstić information content (AvgIpc) is 2.33. The maximum Gasteiger partial charge on any atom is 0.326 e. The van der Waals surface area contributed by atoms with Gasteiger partial charge >= 0.3 is 5.97 Å². The van der Waals surface area contributed by atoms with Crippen LogP contribution in [0.1, 0.15) is 48.0 Å². The topological polar surface area (TPSA) is 66.7 Å². The molecule has 0 aliphatic carbocycles. The monoisotopic (exact) mass is 267 g/mol. The fraction of sp³-hybridized carbons (Fsp3) is 0.833. The molecule has 0 saturated heterocycles. The van der Waals surface area contributed by atoms with Gasteiger partial charge in [-0.2, -0.15) is 16.8 Å². The SMILES string of the molecule is CC.CC.CCC.CSC.O=C=NCC(=O)O. The molecule has 0 amide bonds. The molecule has 1 N–H and O–H groups in total. The number of hydrogen-bond acceptors (Lipinski definition) is 4. The van der Waals surface area contributed by atoms with Crippen LogP contribution in [0, 0.1) is 0 Å². The van der Waals surface area contributed by atoms with E-state index in [1.807, 2.05) is 40.2 Å². The molecule has 0 bridgehead atoms. The number of rotatable bonds is 2. The molecule has 0 fully saturated rings. The van der Waals surface area contributed by atoms with Gasteiger partial charge in [-0.3, -0.25) is 4.79 Å². The molecule has 0 aliphatic heterocycles. The van der Waals surface area contributed by atoms with Crippen molar-refractivity contribution in [2.24, 2.45) is 4.99 Å². The normalized spacial score (nSPS) is 5.65. The summed E-state index contributed by atoms with van der Waals surface area (Å²) in [5, 5.41) is 7.77. The number of hydrogen-bond donors (Lipinski definition) is 1. The zero-order valence-electron chi connectivity index (χ0n) is 12.5. The van der Waals surface area contributed by atoms with E-state index in [0.29, 0.717) is 0 Å².